The minimum atomic E-state index is -0.244. The highest BCUT2D eigenvalue weighted by Crippen LogP contribution is 2.13. The molecule has 23 heavy (non-hydrogen) atoms. The Labute approximate surface area is 139 Å². The lowest BCUT2D eigenvalue weighted by molar-refractivity contribution is 0.112. The first-order valence-corrected chi connectivity index (χ1v) is 8.00. The van der Waals surface area contributed by atoms with Crippen molar-refractivity contribution in [3.05, 3.63) is 47.2 Å². The van der Waals surface area contributed by atoms with Gasteiger partial charge in [0.05, 0.1) is 24.5 Å². The van der Waals surface area contributed by atoms with Crippen LogP contribution in [0.1, 0.15) is 18.4 Å². The van der Waals surface area contributed by atoms with Crippen molar-refractivity contribution in [1.29, 1.82) is 0 Å². The van der Waals surface area contributed by atoms with Crippen LogP contribution < -0.4 is 10.6 Å². The van der Waals surface area contributed by atoms with Crippen LogP contribution in [0.4, 0.5) is 10.5 Å². The molecule has 6 nitrogen and oxygen atoms in total. The zero-order valence-corrected chi connectivity index (χ0v) is 13.4. The average molecular weight is 335 g/mol. The van der Waals surface area contributed by atoms with E-state index in [4.69, 9.17) is 16.3 Å². The Bertz CT molecular complexity index is 650. The number of hydrogen-bond acceptors (Lipinski definition) is 3. The lowest BCUT2D eigenvalue weighted by Crippen LogP contribution is -2.34. The van der Waals surface area contributed by atoms with E-state index in [1.807, 2.05) is 24.3 Å². The number of nitrogens with one attached hydrogen (secondary N) is 2. The maximum atomic E-state index is 11.8. The fourth-order valence-corrected chi connectivity index (χ4v) is 2.60. The summed E-state index contributed by atoms with van der Waals surface area (Å²) in [6.07, 6.45) is 5.61. The summed E-state index contributed by atoms with van der Waals surface area (Å²) in [6, 6.07) is 7.35. The van der Waals surface area contributed by atoms with Crippen LogP contribution in [-0.2, 0) is 11.3 Å². The van der Waals surface area contributed by atoms with Crippen molar-refractivity contribution in [2.75, 3.05) is 18.5 Å². The molecular formula is C16H19ClN4O2. The second-order valence-corrected chi connectivity index (χ2v) is 5.96. The largest absolute Gasteiger partial charge is 0.376 e. The van der Waals surface area contributed by atoms with Gasteiger partial charge in [-0.15, -0.1) is 0 Å². The highest BCUT2D eigenvalue weighted by atomic mass is 35.5. The molecule has 0 unspecified atom stereocenters. The van der Waals surface area contributed by atoms with Gasteiger partial charge in [-0.05, 0) is 30.5 Å². The lowest BCUT2D eigenvalue weighted by Gasteiger charge is -2.10. The van der Waals surface area contributed by atoms with Crippen molar-refractivity contribution in [1.82, 2.24) is 15.1 Å². The van der Waals surface area contributed by atoms with E-state index in [9.17, 15) is 4.79 Å². The van der Waals surface area contributed by atoms with E-state index in [0.29, 0.717) is 23.8 Å². The Hall–Kier alpha value is -2.05. The first-order chi connectivity index (χ1) is 11.2. The zero-order chi connectivity index (χ0) is 16.1. The highest BCUT2D eigenvalue weighted by Gasteiger charge is 2.16. The second-order valence-electron chi connectivity index (χ2n) is 5.52. The number of nitrogens with zero attached hydrogens (tertiary/aromatic N) is 2. The second kappa shape index (κ2) is 7.48. The number of carbonyl (C=O) groups is 1. The minimum Gasteiger partial charge on any atom is -0.376 e. The summed E-state index contributed by atoms with van der Waals surface area (Å²) < 4.78 is 7.23. The third kappa shape index (κ3) is 4.71. The van der Waals surface area contributed by atoms with Crippen LogP contribution in [0.3, 0.4) is 0 Å². The van der Waals surface area contributed by atoms with Gasteiger partial charge < -0.3 is 15.4 Å². The minimum absolute atomic E-state index is 0.133. The van der Waals surface area contributed by atoms with Crippen molar-refractivity contribution in [3.63, 3.8) is 0 Å². The molecule has 0 spiro atoms. The predicted molar refractivity (Wildman–Crippen MR) is 88.8 cm³/mol. The van der Waals surface area contributed by atoms with Gasteiger partial charge in [-0.1, -0.05) is 23.7 Å². The number of amides is 2. The van der Waals surface area contributed by atoms with Gasteiger partial charge in [-0.25, -0.2) is 4.79 Å². The Morgan fingerprint density at radius 2 is 2.22 bits per heavy atom. The molecule has 3 rings (SSSR count). The number of benzene rings is 1. The molecule has 1 atom stereocenters. The fraction of sp³-hybridized carbons (Fsp3) is 0.375. The molecule has 1 aromatic carbocycles. The molecule has 1 saturated heterocycles. The zero-order valence-electron chi connectivity index (χ0n) is 12.7. The molecule has 2 aromatic rings. The van der Waals surface area contributed by atoms with Gasteiger partial charge in [-0.2, -0.15) is 5.10 Å². The summed E-state index contributed by atoms with van der Waals surface area (Å²) in [4.78, 5) is 11.8. The molecule has 1 aliphatic rings. The molecule has 2 N–H and O–H groups in total. The fourth-order valence-electron chi connectivity index (χ4n) is 2.48. The Kier molecular flexibility index (Phi) is 5.15. The molecule has 0 saturated carbocycles. The molecule has 2 amide bonds. The van der Waals surface area contributed by atoms with Crippen LogP contribution in [0.25, 0.3) is 0 Å². The van der Waals surface area contributed by atoms with E-state index in [1.54, 1.807) is 17.1 Å². The number of urea groups is 1. The van der Waals surface area contributed by atoms with E-state index >= 15 is 0 Å². The van der Waals surface area contributed by atoms with E-state index in [2.05, 4.69) is 15.7 Å². The Morgan fingerprint density at radius 3 is 2.96 bits per heavy atom. The summed E-state index contributed by atoms with van der Waals surface area (Å²) in [7, 11) is 0. The number of carbonyl (C=O) groups excluding carboxylic acids is 1. The van der Waals surface area contributed by atoms with Gasteiger partial charge >= 0.3 is 6.03 Å². The summed E-state index contributed by atoms with van der Waals surface area (Å²) in [5, 5.41) is 10.5. The first-order valence-electron chi connectivity index (χ1n) is 7.62. The molecule has 1 aromatic heterocycles. The molecule has 0 bridgehead atoms. The van der Waals surface area contributed by atoms with Crippen LogP contribution in [0.15, 0.2) is 36.7 Å². The molecule has 122 valence electrons. The summed E-state index contributed by atoms with van der Waals surface area (Å²) >= 11 is 5.87. The summed E-state index contributed by atoms with van der Waals surface area (Å²) in [6.45, 7) is 1.94. The maximum Gasteiger partial charge on any atom is 0.319 e. The number of rotatable bonds is 5. The SMILES string of the molecule is O=C(NC[C@H]1CCCO1)Nc1cnn(Cc2ccc(Cl)cc2)c1. The lowest BCUT2D eigenvalue weighted by atomic mass is 10.2. The molecule has 0 radical (unpaired) electrons. The van der Waals surface area contributed by atoms with Crippen molar-refractivity contribution in [2.45, 2.75) is 25.5 Å². The van der Waals surface area contributed by atoms with Crippen LogP contribution in [0.2, 0.25) is 5.02 Å². The van der Waals surface area contributed by atoms with Crippen molar-refractivity contribution in [3.8, 4) is 0 Å². The maximum absolute atomic E-state index is 11.8. The van der Waals surface area contributed by atoms with Gasteiger partial charge in [0.15, 0.2) is 0 Å². The molecule has 1 aliphatic heterocycles. The van der Waals surface area contributed by atoms with Gasteiger partial charge in [0, 0.05) is 24.4 Å². The van der Waals surface area contributed by atoms with Crippen LogP contribution in [-0.4, -0.2) is 35.1 Å². The topological polar surface area (TPSA) is 68.2 Å². The summed E-state index contributed by atoms with van der Waals surface area (Å²) in [5.41, 5.74) is 1.75. The van der Waals surface area contributed by atoms with Crippen LogP contribution in [0.5, 0.6) is 0 Å². The van der Waals surface area contributed by atoms with Gasteiger partial charge in [0.2, 0.25) is 0 Å². The van der Waals surface area contributed by atoms with Crippen molar-refractivity contribution >= 4 is 23.3 Å². The number of halogens is 1. The number of anilines is 1. The van der Waals surface area contributed by atoms with Gasteiger partial charge in [0.25, 0.3) is 0 Å². The van der Waals surface area contributed by atoms with E-state index < -0.39 is 0 Å². The van der Waals surface area contributed by atoms with E-state index in [-0.39, 0.29) is 12.1 Å². The smallest absolute Gasteiger partial charge is 0.319 e. The Balaban J connectivity index is 1.48. The van der Waals surface area contributed by atoms with Gasteiger partial charge in [-0.3, -0.25) is 4.68 Å². The molecular weight excluding hydrogens is 316 g/mol. The standard InChI is InChI=1S/C16H19ClN4O2/c17-13-5-3-12(4-6-13)10-21-11-14(8-19-21)20-16(22)18-9-15-2-1-7-23-15/h3-6,8,11,15H,1-2,7,9-10H2,(H2,18,20,22)/t15-/m1/s1. The van der Waals surface area contributed by atoms with Crippen molar-refractivity contribution < 1.29 is 9.53 Å². The van der Waals surface area contributed by atoms with Crippen LogP contribution >= 0.6 is 11.6 Å². The number of aromatic nitrogens is 2. The predicted octanol–water partition coefficient (Wildman–Crippen LogP) is 2.89. The first kappa shape index (κ1) is 15.8. The molecule has 2 heterocycles. The Morgan fingerprint density at radius 1 is 1.39 bits per heavy atom. The van der Waals surface area contributed by atoms with Crippen LogP contribution in [0, 0.1) is 0 Å². The normalized spacial score (nSPS) is 17.2. The highest BCUT2D eigenvalue weighted by molar-refractivity contribution is 6.30. The number of hydrogen-bond donors (Lipinski definition) is 2. The monoisotopic (exact) mass is 334 g/mol. The molecule has 7 heteroatoms. The average Bonchev–Trinajstić information content (AvgIpc) is 3.20. The van der Waals surface area contributed by atoms with Crippen molar-refractivity contribution in [2.24, 2.45) is 0 Å². The number of ether oxygens (including phenoxy) is 1. The van der Waals surface area contributed by atoms with E-state index in [1.165, 1.54) is 0 Å². The van der Waals surface area contributed by atoms with E-state index in [0.717, 1.165) is 25.0 Å². The molecule has 0 aliphatic carbocycles. The third-order valence-corrected chi connectivity index (χ3v) is 3.92. The molecule has 1 fully saturated rings. The van der Waals surface area contributed by atoms with Gasteiger partial charge in [0.1, 0.15) is 0 Å². The summed E-state index contributed by atoms with van der Waals surface area (Å²) in [5.74, 6) is 0. The quantitative estimate of drug-likeness (QED) is 0.883. The third-order valence-electron chi connectivity index (χ3n) is 3.66.